The van der Waals surface area contributed by atoms with Gasteiger partial charge in [-0.1, -0.05) is 35.1 Å². The highest BCUT2D eigenvalue weighted by molar-refractivity contribution is 7.22. The van der Waals surface area contributed by atoms with Gasteiger partial charge in [0.25, 0.3) is 5.91 Å². The highest BCUT2D eigenvalue weighted by atomic mass is 35.5. The lowest BCUT2D eigenvalue weighted by Gasteiger charge is -2.38. The quantitative estimate of drug-likeness (QED) is 0.698. The van der Waals surface area contributed by atoms with E-state index in [1.807, 2.05) is 0 Å². The van der Waals surface area contributed by atoms with Crippen molar-refractivity contribution in [2.45, 2.75) is 18.9 Å². The average molecular weight is 407 g/mol. The van der Waals surface area contributed by atoms with Crippen molar-refractivity contribution in [1.29, 1.82) is 0 Å². The van der Waals surface area contributed by atoms with Gasteiger partial charge in [0, 0.05) is 0 Å². The molecule has 6 nitrogen and oxygen atoms in total. The molecule has 1 atom stereocenters. The van der Waals surface area contributed by atoms with Gasteiger partial charge in [0.1, 0.15) is 5.75 Å². The molecule has 0 spiro atoms. The molecule has 27 heavy (non-hydrogen) atoms. The first-order chi connectivity index (χ1) is 12.8. The first-order valence-electron chi connectivity index (χ1n) is 7.89. The molecule has 1 amide bonds. The number of aliphatic carboxylic acids is 1. The SMILES string of the molecule is CC1(CC(=O)O)Oc2ccccc2N(c2nc3ccc(Cl)c(F)c3s2)C1=O. The summed E-state index contributed by atoms with van der Waals surface area (Å²) in [5, 5.41) is 9.38. The van der Waals surface area contributed by atoms with E-state index >= 15 is 0 Å². The van der Waals surface area contributed by atoms with Crippen LogP contribution in [0.2, 0.25) is 5.02 Å². The largest absolute Gasteiger partial charge is 0.481 e. The van der Waals surface area contributed by atoms with Crippen molar-refractivity contribution in [2.24, 2.45) is 0 Å². The predicted octanol–water partition coefficient (Wildman–Crippen LogP) is 4.38. The number of carboxylic acids is 1. The Labute approximate surface area is 161 Å². The summed E-state index contributed by atoms with van der Waals surface area (Å²) in [7, 11) is 0. The zero-order valence-electron chi connectivity index (χ0n) is 13.9. The van der Waals surface area contributed by atoms with Crippen molar-refractivity contribution >= 4 is 55.8 Å². The van der Waals surface area contributed by atoms with Crippen LogP contribution in [-0.4, -0.2) is 27.6 Å². The standard InChI is InChI=1S/C18H12ClFN2O4S/c1-18(8-13(23)24)16(25)22(11-4-2-3-5-12(11)26-18)17-21-10-7-6-9(19)14(20)15(10)27-17/h2-7H,8H2,1H3,(H,23,24). The van der Waals surface area contributed by atoms with Crippen molar-refractivity contribution in [3.05, 3.63) is 47.2 Å². The summed E-state index contributed by atoms with van der Waals surface area (Å²) in [6, 6.07) is 9.68. The van der Waals surface area contributed by atoms with Gasteiger partial charge in [0.05, 0.1) is 27.3 Å². The monoisotopic (exact) mass is 406 g/mol. The zero-order chi connectivity index (χ0) is 19.3. The number of ether oxygens (including phenoxy) is 1. The van der Waals surface area contributed by atoms with Crippen LogP contribution in [0.4, 0.5) is 15.2 Å². The van der Waals surface area contributed by atoms with Gasteiger partial charge in [-0.05, 0) is 31.2 Å². The van der Waals surface area contributed by atoms with E-state index in [0.717, 1.165) is 11.3 Å². The Morgan fingerprint density at radius 2 is 2.11 bits per heavy atom. The molecule has 138 valence electrons. The molecule has 0 fully saturated rings. The van der Waals surface area contributed by atoms with Gasteiger partial charge < -0.3 is 9.84 Å². The van der Waals surface area contributed by atoms with Gasteiger partial charge >= 0.3 is 5.97 Å². The molecule has 2 aromatic carbocycles. The Kier molecular flexibility index (Phi) is 4.05. The molecule has 0 radical (unpaired) electrons. The second-order valence-corrected chi connectivity index (χ2v) is 7.60. The van der Waals surface area contributed by atoms with Crippen LogP contribution in [0.15, 0.2) is 36.4 Å². The number of rotatable bonds is 3. The van der Waals surface area contributed by atoms with Crippen molar-refractivity contribution in [1.82, 2.24) is 4.98 Å². The van der Waals surface area contributed by atoms with Gasteiger partial charge in [-0.15, -0.1) is 0 Å². The smallest absolute Gasteiger partial charge is 0.307 e. The lowest BCUT2D eigenvalue weighted by atomic mass is 9.97. The Hall–Kier alpha value is -2.71. The van der Waals surface area contributed by atoms with E-state index in [1.165, 1.54) is 17.9 Å². The van der Waals surface area contributed by atoms with Crippen LogP contribution in [0, 0.1) is 5.82 Å². The van der Waals surface area contributed by atoms with Crippen LogP contribution >= 0.6 is 22.9 Å². The highest BCUT2D eigenvalue weighted by Crippen LogP contribution is 2.45. The molecule has 0 aliphatic carbocycles. The third-order valence-corrected chi connectivity index (χ3v) is 5.56. The predicted molar refractivity (Wildman–Crippen MR) is 99.5 cm³/mol. The maximum absolute atomic E-state index is 14.3. The number of nitrogens with zero attached hydrogens (tertiary/aromatic N) is 2. The van der Waals surface area contributed by atoms with Gasteiger partial charge in [-0.3, -0.25) is 9.59 Å². The zero-order valence-corrected chi connectivity index (χ0v) is 15.5. The number of carboxylic acid groups (broad SMARTS) is 1. The lowest BCUT2D eigenvalue weighted by molar-refractivity contribution is -0.148. The maximum Gasteiger partial charge on any atom is 0.307 e. The Morgan fingerprint density at radius 3 is 2.85 bits per heavy atom. The highest BCUT2D eigenvalue weighted by Gasteiger charge is 2.47. The number of aromatic nitrogens is 1. The second-order valence-electron chi connectivity index (χ2n) is 6.22. The molecule has 0 bridgehead atoms. The molecule has 1 aromatic heterocycles. The molecule has 4 rings (SSSR count). The molecule has 0 saturated carbocycles. The summed E-state index contributed by atoms with van der Waals surface area (Å²) in [5.74, 6) is -2.03. The summed E-state index contributed by atoms with van der Waals surface area (Å²) in [6.07, 6.45) is -0.526. The first kappa shape index (κ1) is 17.7. The minimum Gasteiger partial charge on any atom is -0.481 e. The number of benzene rings is 2. The van der Waals surface area contributed by atoms with Gasteiger partial charge in [0.2, 0.25) is 0 Å². The van der Waals surface area contributed by atoms with E-state index in [2.05, 4.69) is 4.98 Å². The molecule has 9 heteroatoms. The number of para-hydroxylation sites is 2. The number of carbonyl (C=O) groups excluding carboxylic acids is 1. The number of carbonyl (C=O) groups is 2. The van der Waals surface area contributed by atoms with Gasteiger partial charge in [-0.25, -0.2) is 14.3 Å². The van der Waals surface area contributed by atoms with Crippen molar-refractivity contribution in [3.8, 4) is 5.75 Å². The third kappa shape index (κ3) is 2.81. The van der Waals surface area contributed by atoms with Crippen LogP contribution < -0.4 is 9.64 Å². The molecule has 0 saturated heterocycles. The van der Waals surface area contributed by atoms with Gasteiger partial charge in [0.15, 0.2) is 16.5 Å². The fourth-order valence-electron chi connectivity index (χ4n) is 2.97. The lowest BCUT2D eigenvalue weighted by Crippen LogP contribution is -2.53. The van der Waals surface area contributed by atoms with E-state index in [1.54, 1.807) is 30.3 Å². The Balaban J connectivity index is 1.91. The van der Waals surface area contributed by atoms with E-state index in [4.69, 9.17) is 16.3 Å². The van der Waals surface area contributed by atoms with Crippen molar-refractivity contribution < 1.29 is 23.8 Å². The van der Waals surface area contributed by atoms with E-state index in [0.29, 0.717) is 17.0 Å². The average Bonchev–Trinajstić information content (AvgIpc) is 3.03. The summed E-state index contributed by atoms with van der Waals surface area (Å²) in [4.78, 5) is 30.1. The van der Waals surface area contributed by atoms with E-state index in [9.17, 15) is 19.1 Å². The number of amides is 1. The number of fused-ring (bicyclic) bond motifs is 2. The molecular weight excluding hydrogens is 395 g/mol. The summed E-state index contributed by atoms with van der Waals surface area (Å²) >= 11 is 6.80. The van der Waals surface area contributed by atoms with Crippen LogP contribution in [0.5, 0.6) is 5.75 Å². The number of anilines is 2. The topological polar surface area (TPSA) is 79.7 Å². The number of hydrogen-bond donors (Lipinski definition) is 1. The van der Waals surface area contributed by atoms with Crippen LogP contribution in [0.1, 0.15) is 13.3 Å². The summed E-state index contributed by atoms with van der Waals surface area (Å²) < 4.78 is 20.3. The third-order valence-electron chi connectivity index (χ3n) is 4.22. The Morgan fingerprint density at radius 1 is 1.37 bits per heavy atom. The molecule has 3 aromatic rings. The minimum absolute atomic E-state index is 0.0397. The van der Waals surface area contributed by atoms with Crippen LogP contribution in [-0.2, 0) is 9.59 Å². The fraction of sp³-hybridized carbons (Fsp3) is 0.167. The number of halogens is 2. The second kappa shape index (κ2) is 6.17. The van der Waals surface area contributed by atoms with E-state index in [-0.39, 0.29) is 14.9 Å². The molecular formula is C18H12ClFN2O4S. The first-order valence-corrected chi connectivity index (χ1v) is 9.08. The maximum atomic E-state index is 14.3. The summed E-state index contributed by atoms with van der Waals surface area (Å²) in [5.41, 5.74) is -0.849. The summed E-state index contributed by atoms with van der Waals surface area (Å²) in [6.45, 7) is 1.41. The van der Waals surface area contributed by atoms with Crippen molar-refractivity contribution in [2.75, 3.05) is 4.90 Å². The number of thiazole rings is 1. The van der Waals surface area contributed by atoms with Crippen LogP contribution in [0.3, 0.4) is 0 Å². The molecule has 1 unspecified atom stereocenters. The molecule has 1 aliphatic heterocycles. The molecule has 2 heterocycles. The van der Waals surface area contributed by atoms with Crippen LogP contribution in [0.25, 0.3) is 10.2 Å². The Bertz CT molecular complexity index is 1100. The molecule has 1 N–H and O–H groups in total. The van der Waals surface area contributed by atoms with Crippen molar-refractivity contribution in [3.63, 3.8) is 0 Å². The fourth-order valence-corrected chi connectivity index (χ4v) is 4.20. The normalized spacial score (nSPS) is 19.1. The van der Waals surface area contributed by atoms with E-state index < -0.39 is 29.7 Å². The van der Waals surface area contributed by atoms with Gasteiger partial charge in [-0.2, -0.15) is 0 Å². The minimum atomic E-state index is -1.62. The number of hydrogen-bond acceptors (Lipinski definition) is 5. The molecule has 1 aliphatic rings.